The monoisotopic (exact) mass is 185 g/mol. The molecular formula is C10H19NO2. The van der Waals surface area contributed by atoms with E-state index in [1.165, 1.54) is 0 Å². The van der Waals surface area contributed by atoms with Crippen LogP contribution in [0, 0.1) is 5.41 Å². The van der Waals surface area contributed by atoms with Crippen molar-refractivity contribution < 1.29 is 9.90 Å². The van der Waals surface area contributed by atoms with Gasteiger partial charge >= 0.3 is 5.97 Å². The summed E-state index contributed by atoms with van der Waals surface area (Å²) in [5.74, 6) is -0.735. The molecule has 1 aliphatic carbocycles. The van der Waals surface area contributed by atoms with Crippen LogP contribution in [-0.2, 0) is 4.79 Å². The lowest BCUT2D eigenvalue weighted by atomic mass is 9.83. The Hall–Kier alpha value is -0.570. The Balaban J connectivity index is 2.81. The zero-order valence-electron chi connectivity index (χ0n) is 8.85. The minimum Gasteiger partial charge on any atom is -0.480 e. The van der Waals surface area contributed by atoms with Crippen LogP contribution in [0.1, 0.15) is 40.5 Å². The second-order valence-corrected chi connectivity index (χ2v) is 4.79. The summed E-state index contributed by atoms with van der Waals surface area (Å²) in [6.07, 6.45) is 2.02. The van der Waals surface area contributed by atoms with Gasteiger partial charge in [-0.3, -0.25) is 10.1 Å². The molecule has 1 unspecified atom stereocenters. The van der Waals surface area contributed by atoms with Crippen LogP contribution in [0.4, 0.5) is 0 Å². The fourth-order valence-electron chi connectivity index (χ4n) is 1.76. The van der Waals surface area contributed by atoms with Crippen molar-refractivity contribution in [3.8, 4) is 0 Å². The van der Waals surface area contributed by atoms with E-state index >= 15 is 0 Å². The molecule has 76 valence electrons. The predicted molar refractivity (Wildman–Crippen MR) is 51.7 cm³/mol. The van der Waals surface area contributed by atoms with Crippen molar-refractivity contribution in [1.29, 1.82) is 0 Å². The third kappa shape index (κ3) is 1.70. The van der Waals surface area contributed by atoms with Gasteiger partial charge in [-0.15, -0.1) is 0 Å². The largest absolute Gasteiger partial charge is 0.480 e. The number of carboxylic acids is 1. The molecule has 3 heteroatoms. The molecule has 0 aliphatic heterocycles. The van der Waals surface area contributed by atoms with Gasteiger partial charge in [-0.2, -0.15) is 0 Å². The van der Waals surface area contributed by atoms with E-state index in [0.29, 0.717) is 0 Å². The first-order chi connectivity index (χ1) is 5.82. The summed E-state index contributed by atoms with van der Waals surface area (Å²) in [7, 11) is 0. The lowest BCUT2D eigenvalue weighted by Gasteiger charge is -2.34. The van der Waals surface area contributed by atoms with E-state index in [1.54, 1.807) is 6.92 Å². The van der Waals surface area contributed by atoms with Gasteiger partial charge in [0, 0.05) is 6.04 Å². The molecule has 0 saturated heterocycles. The lowest BCUT2D eigenvalue weighted by Crippen LogP contribution is -2.57. The fourth-order valence-corrected chi connectivity index (χ4v) is 1.76. The standard InChI is InChI=1S/C10H19NO2/c1-7(2)11-10(4,8(12)13)9(3)5-6-9/h7,11H,5-6H2,1-4H3,(H,12,13). The van der Waals surface area contributed by atoms with E-state index in [2.05, 4.69) is 5.32 Å². The van der Waals surface area contributed by atoms with Crippen LogP contribution in [0.2, 0.25) is 0 Å². The van der Waals surface area contributed by atoms with Crippen LogP contribution < -0.4 is 5.32 Å². The Labute approximate surface area is 79.5 Å². The Morgan fingerprint density at radius 1 is 1.54 bits per heavy atom. The van der Waals surface area contributed by atoms with Crippen molar-refractivity contribution >= 4 is 5.97 Å². The third-order valence-electron chi connectivity index (χ3n) is 3.21. The first kappa shape index (κ1) is 10.5. The average Bonchev–Trinajstić information content (AvgIpc) is 2.67. The molecule has 1 fully saturated rings. The van der Waals surface area contributed by atoms with Gasteiger partial charge in [0.2, 0.25) is 0 Å². The topological polar surface area (TPSA) is 49.3 Å². The molecule has 1 saturated carbocycles. The van der Waals surface area contributed by atoms with Crippen molar-refractivity contribution in [2.24, 2.45) is 5.41 Å². The number of carboxylic acid groups (broad SMARTS) is 1. The minimum absolute atomic E-state index is 0.0525. The van der Waals surface area contributed by atoms with Gasteiger partial charge in [-0.25, -0.2) is 0 Å². The highest BCUT2D eigenvalue weighted by atomic mass is 16.4. The molecule has 0 aromatic rings. The maximum Gasteiger partial charge on any atom is 0.324 e. The molecule has 1 atom stereocenters. The molecular weight excluding hydrogens is 166 g/mol. The van der Waals surface area contributed by atoms with Crippen LogP contribution in [0.15, 0.2) is 0 Å². The van der Waals surface area contributed by atoms with Crippen molar-refractivity contribution in [3.63, 3.8) is 0 Å². The number of carbonyl (C=O) groups is 1. The second-order valence-electron chi connectivity index (χ2n) is 4.79. The maximum absolute atomic E-state index is 11.2. The van der Waals surface area contributed by atoms with E-state index in [9.17, 15) is 9.90 Å². The van der Waals surface area contributed by atoms with Gasteiger partial charge in [0.25, 0.3) is 0 Å². The number of rotatable bonds is 4. The van der Waals surface area contributed by atoms with E-state index in [0.717, 1.165) is 12.8 Å². The zero-order valence-corrected chi connectivity index (χ0v) is 8.85. The molecule has 1 rings (SSSR count). The highest BCUT2D eigenvalue weighted by molar-refractivity contribution is 5.80. The lowest BCUT2D eigenvalue weighted by molar-refractivity contribution is -0.147. The summed E-state index contributed by atoms with van der Waals surface area (Å²) in [5.41, 5.74) is -0.815. The molecule has 0 heterocycles. The van der Waals surface area contributed by atoms with Crippen molar-refractivity contribution in [1.82, 2.24) is 5.32 Å². The SMILES string of the molecule is CC(C)NC(C)(C(=O)O)C1(C)CC1. The van der Waals surface area contributed by atoms with Crippen LogP contribution in [0.5, 0.6) is 0 Å². The first-order valence-corrected chi connectivity index (χ1v) is 4.83. The van der Waals surface area contributed by atoms with Gasteiger partial charge in [0.15, 0.2) is 0 Å². The third-order valence-corrected chi connectivity index (χ3v) is 3.21. The Kier molecular flexibility index (Phi) is 2.41. The van der Waals surface area contributed by atoms with Gasteiger partial charge in [0.05, 0.1) is 0 Å². The molecule has 0 bridgehead atoms. The zero-order chi connectivity index (χ0) is 10.3. The number of hydrogen-bond donors (Lipinski definition) is 2. The van der Waals surface area contributed by atoms with E-state index in [-0.39, 0.29) is 11.5 Å². The molecule has 2 N–H and O–H groups in total. The number of nitrogens with one attached hydrogen (secondary N) is 1. The van der Waals surface area contributed by atoms with E-state index in [4.69, 9.17) is 0 Å². The van der Waals surface area contributed by atoms with Crippen LogP contribution in [-0.4, -0.2) is 22.7 Å². The van der Waals surface area contributed by atoms with Gasteiger partial charge in [-0.05, 0) is 39.0 Å². The van der Waals surface area contributed by atoms with E-state index in [1.807, 2.05) is 20.8 Å². The normalized spacial score (nSPS) is 24.1. The summed E-state index contributed by atoms with van der Waals surface area (Å²) < 4.78 is 0. The first-order valence-electron chi connectivity index (χ1n) is 4.83. The molecule has 0 aromatic carbocycles. The minimum atomic E-state index is -0.763. The molecule has 0 aromatic heterocycles. The number of hydrogen-bond acceptors (Lipinski definition) is 2. The predicted octanol–water partition coefficient (Wildman–Crippen LogP) is 1.63. The highest BCUT2D eigenvalue weighted by Gasteiger charge is 2.57. The molecule has 0 radical (unpaired) electrons. The Morgan fingerprint density at radius 3 is 2.23 bits per heavy atom. The van der Waals surface area contributed by atoms with Gasteiger partial charge in [0.1, 0.15) is 5.54 Å². The number of aliphatic carboxylic acids is 1. The van der Waals surface area contributed by atoms with Crippen LogP contribution in [0.25, 0.3) is 0 Å². The average molecular weight is 185 g/mol. The molecule has 1 aliphatic rings. The summed E-state index contributed by atoms with van der Waals surface area (Å²) in [5, 5.41) is 12.4. The maximum atomic E-state index is 11.2. The van der Waals surface area contributed by atoms with Crippen LogP contribution >= 0.6 is 0 Å². The molecule has 3 nitrogen and oxygen atoms in total. The van der Waals surface area contributed by atoms with Crippen molar-refractivity contribution in [2.75, 3.05) is 0 Å². The Bertz CT molecular complexity index is 221. The highest BCUT2D eigenvalue weighted by Crippen LogP contribution is 2.53. The fraction of sp³-hybridized carbons (Fsp3) is 0.900. The summed E-state index contributed by atoms with van der Waals surface area (Å²) in [6.45, 7) is 7.79. The summed E-state index contributed by atoms with van der Waals surface area (Å²) in [4.78, 5) is 11.2. The van der Waals surface area contributed by atoms with Crippen molar-refractivity contribution in [2.45, 2.75) is 52.1 Å². The van der Waals surface area contributed by atoms with Crippen LogP contribution in [0.3, 0.4) is 0 Å². The second kappa shape index (κ2) is 2.98. The Morgan fingerprint density at radius 2 is 2.00 bits per heavy atom. The summed E-state index contributed by atoms with van der Waals surface area (Å²) >= 11 is 0. The smallest absolute Gasteiger partial charge is 0.324 e. The van der Waals surface area contributed by atoms with Gasteiger partial charge in [-0.1, -0.05) is 6.92 Å². The quantitative estimate of drug-likeness (QED) is 0.700. The summed E-state index contributed by atoms with van der Waals surface area (Å²) in [6, 6.07) is 0.207. The van der Waals surface area contributed by atoms with E-state index < -0.39 is 11.5 Å². The molecule has 0 amide bonds. The van der Waals surface area contributed by atoms with Gasteiger partial charge < -0.3 is 5.11 Å². The van der Waals surface area contributed by atoms with Crippen molar-refractivity contribution in [3.05, 3.63) is 0 Å². The molecule has 0 spiro atoms. The molecule has 13 heavy (non-hydrogen) atoms.